The second-order valence-corrected chi connectivity index (χ2v) is 9.33. The van der Waals surface area contributed by atoms with Crippen molar-refractivity contribution in [1.82, 2.24) is 9.80 Å². The molecule has 106 valence electrons. The van der Waals surface area contributed by atoms with Crippen LogP contribution in [0, 0.1) is 6.92 Å². The monoisotopic (exact) mass is 280 g/mol. The first-order chi connectivity index (χ1) is 8.84. The molecule has 4 heteroatoms. The molecule has 1 aromatic rings. The van der Waals surface area contributed by atoms with Crippen LogP contribution in [0.15, 0.2) is 18.2 Å². The molecule has 0 bridgehead atoms. The molecule has 1 aliphatic rings. The van der Waals surface area contributed by atoms with E-state index in [9.17, 15) is 4.57 Å². The van der Waals surface area contributed by atoms with Crippen LogP contribution < -0.4 is 5.30 Å². The zero-order valence-corrected chi connectivity index (χ0v) is 13.4. The lowest BCUT2D eigenvalue weighted by molar-refractivity contribution is 0.148. The summed E-state index contributed by atoms with van der Waals surface area (Å²) in [4.78, 5) is 4.85. The maximum atomic E-state index is 12.2. The maximum absolute atomic E-state index is 12.2. The highest BCUT2D eigenvalue weighted by atomic mass is 31.2. The van der Waals surface area contributed by atoms with Crippen molar-refractivity contribution >= 4 is 12.4 Å². The fourth-order valence-electron chi connectivity index (χ4n) is 2.51. The van der Waals surface area contributed by atoms with E-state index in [0.717, 1.165) is 38.0 Å². The molecule has 3 nitrogen and oxygen atoms in total. The van der Waals surface area contributed by atoms with Crippen molar-refractivity contribution in [2.24, 2.45) is 0 Å². The van der Waals surface area contributed by atoms with Crippen molar-refractivity contribution in [1.29, 1.82) is 0 Å². The van der Waals surface area contributed by atoms with Crippen molar-refractivity contribution in [2.45, 2.75) is 13.5 Å². The topological polar surface area (TPSA) is 23.6 Å². The lowest BCUT2D eigenvalue weighted by atomic mass is 10.1. The molecule has 1 saturated heterocycles. The van der Waals surface area contributed by atoms with E-state index >= 15 is 0 Å². The summed E-state index contributed by atoms with van der Waals surface area (Å²) in [6.07, 6.45) is 0. The first kappa shape index (κ1) is 14.8. The highest BCUT2D eigenvalue weighted by molar-refractivity contribution is 7.70. The Kier molecular flexibility index (Phi) is 4.50. The molecule has 0 aromatic heterocycles. The fraction of sp³-hybridized carbons (Fsp3) is 0.600. The Balaban J connectivity index is 2.12. The largest absolute Gasteiger partial charge is 0.319 e. The van der Waals surface area contributed by atoms with Gasteiger partial charge in [-0.1, -0.05) is 11.6 Å². The van der Waals surface area contributed by atoms with Crippen molar-refractivity contribution in [2.75, 3.05) is 46.6 Å². The number of hydrogen-bond donors (Lipinski definition) is 0. The average molecular weight is 280 g/mol. The summed E-state index contributed by atoms with van der Waals surface area (Å²) >= 11 is 0. The Morgan fingerprint density at radius 1 is 1.11 bits per heavy atom. The van der Waals surface area contributed by atoms with E-state index in [1.54, 1.807) is 0 Å². The third-order valence-corrected chi connectivity index (χ3v) is 5.25. The fourth-order valence-corrected chi connectivity index (χ4v) is 3.50. The average Bonchev–Trinajstić information content (AvgIpc) is 2.30. The lowest BCUT2D eigenvalue weighted by Crippen LogP contribution is -2.43. The summed E-state index contributed by atoms with van der Waals surface area (Å²) in [5.41, 5.74) is 2.51. The van der Waals surface area contributed by atoms with Gasteiger partial charge in [-0.05, 0) is 45.0 Å². The zero-order valence-electron chi connectivity index (χ0n) is 12.5. The van der Waals surface area contributed by atoms with E-state index in [2.05, 4.69) is 42.0 Å². The van der Waals surface area contributed by atoms with Gasteiger partial charge >= 0.3 is 0 Å². The number of piperazine rings is 1. The van der Waals surface area contributed by atoms with Crippen LogP contribution in [0.25, 0.3) is 0 Å². The number of aryl methyl sites for hydroxylation is 1. The van der Waals surface area contributed by atoms with Gasteiger partial charge in [0.25, 0.3) is 0 Å². The molecule has 0 aliphatic carbocycles. The summed E-state index contributed by atoms with van der Waals surface area (Å²) in [7, 11) is 0.0113. The van der Waals surface area contributed by atoms with Crippen LogP contribution in [0.2, 0.25) is 0 Å². The molecule has 0 radical (unpaired) electrons. The SMILES string of the molecule is Cc1cc(CN2CCN(C)CC2)cc(P(C)(C)=O)c1. The van der Waals surface area contributed by atoms with Gasteiger partial charge in [-0.25, -0.2) is 0 Å². The van der Waals surface area contributed by atoms with Crippen molar-refractivity contribution in [3.8, 4) is 0 Å². The number of benzene rings is 1. The van der Waals surface area contributed by atoms with Gasteiger partial charge in [-0.15, -0.1) is 0 Å². The highest BCUT2D eigenvalue weighted by Gasteiger charge is 2.16. The second kappa shape index (κ2) is 5.78. The van der Waals surface area contributed by atoms with Crippen LogP contribution in [0.4, 0.5) is 0 Å². The van der Waals surface area contributed by atoms with Gasteiger partial charge < -0.3 is 9.46 Å². The summed E-state index contributed by atoms with van der Waals surface area (Å²) in [5.74, 6) is 0. The molecule has 0 unspecified atom stereocenters. The van der Waals surface area contributed by atoms with Crippen LogP contribution in [0.1, 0.15) is 11.1 Å². The molecule has 0 saturated carbocycles. The van der Waals surface area contributed by atoms with Gasteiger partial charge in [-0.3, -0.25) is 4.90 Å². The maximum Gasteiger partial charge on any atom is 0.109 e. The molecule has 1 aromatic carbocycles. The lowest BCUT2D eigenvalue weighted by Gasteiger charge is -2.32. The number of nitrogens with zero attached hydrogens (tertiary/aromatic N) is 2. The minimum absolute atomic E-state index is 0.975. The smallest absolute Gasteiger partial charge is 0.109 e. The Bertz CT molecular complexity index is 487. The molecule has 1 fully saturated rings. The van der Waals surface area contributed by atoms with E-state index in [1.807, 2.05) is 13.3 Å². The molecule has 2 rings (SSSR count). The van der Waals surface area contributed by atoms with Crippen molar-refractivity contribution in [3.05, 3.63) is 29.3 Å². The Labute approximate surface area is 117 Å². The van der Waals surface area contributed by atoms with E-state index in [4.69, 9.17) is 0 Å². The molecule has 0 N–H and O–H groups in total. The van der Waals surface area contributed by atoms with Crippen LogP contribution >= 0.6 is 7.14 Å². The van der Waals surface area contributed by atoms with Gasteiger partial charge in [-0.2, -0.15) is 0 Å². The minimum atomic E-state index is -2.16. The van der Waals surface area contributed by atoms with Crippen LogP contribution in [-0.4, -0.2) is 56.4 Å². The number of likely N-dealkylation sites (N-methyl/N-ethyl adjacent to an activating group) is 1. The zero-order chi connectivity index (χ0) is 14.0. The predicted octanol–water partition coefficient (Wildman–Crippen LogP) is 1.99. The quantitative estimate of drug-likeness (QED) is 0.791. The molecular formula is C15H25N2OP. The Morgan fingerprint density at radius 3 is 2.32 bits per heavy atom. The molecule has 0 atom stereocenters. The van der Waals surface area contributed by atoms with Gasteiger partial charge in [0, 0.05) is 38.0 Å². The molecule has 0 amide bonds. The second-order valence-electron chi connectivity index (χ2n) is 6.11. The van der Waals surface area contributed by atoms with Crippen molar-refractivity contribution < 1.29 is 4.57 Å². The summed E-state index contributed by atoms with van der Waals surface area (Å²) in [5, 5.41) is 1.01. The van der Waals surface area contributed by atoms with Crippen LogP contribution in [0.3, 0.4) is 0 Å². The highest BCUT2D eigenvalue weighted by Crippen LogP contribution is 2.35. The Morgan fingerprint density at radius 2 is 1.74 bits per heavy atom. The van der Waals surface area contributed by atoms with E-state index in [0.29, 0.717) is 0 Å². The molecular weight excluding hydrogens is 255 g/mol. The predicted molar refractivity (Wildman–Crippen MR) is 83.0 cm³/mol. The van der Waals surface area contributed by atoms with Crippen LogP contribution in [0.5, 0.6) is 0 Å². The third kappa shape index (κ3) is 4.17. The minimum Gasteiger partial charge on any atom is -0.319 e. The molecule has 1 heterocycles. The van der Waals surface area contributed by atoms with Gasteiger partial charge in [0.1, 0.15) is 7.14 Å². The Hall–Kier alpha value is -0.630. The van der Waals surface area contributed by atoms with E-state index in [1.165, 1.54) is 11.1 Å². The van der Waals surface area contributed by atoms with Gasteiger partial charge in [0.05, 0.1) is 0 Å². The summed E-state index contributed by atoms with van der Waals surface area (Å²) < 4.78 is 12.2. The van der Waals surface area contributed by atoms with E-state index in [-0.39, 0.29) is 0 Å². The number of rotatable bonds is 3. The third-order valence-electron chi connectivity index (χ3n) is 3.75. The normalized spacial score (nSPS) is 18.7. The molecule has 1 aliphatic heterocycles. The van der Waals surface area contributed by atoms with E-state index < -0.39 is 7.14 Å². The summed E-state index contributed by atoms with van der Waals surface area (Å²) in [6.45, 7) is 11.3. The van der Waals surface area contributed by atoms with Crippen molar-refractivity contribution in [3.63, 3.8) is 0 Å². The number of hydrogen-bond acceptors (Lipinski definition) is 3. The van der Waals surface area contributed by atoms with Gasteiger partial charge in [0.15, 0.2) is 0 Å². The first-order valence-electron chi connectivity index (χ1n) is 6.91. The summed E-state index contributed by atoms with van der Waals surface area (Å²) in [6, 6.07) is 6.41. The first-order valence-corrected chi connectivity index (χ1v) is 9.52. The molecule has 0 spiro atoms. The molecule has 19 heavy (non-hydrogen) atoms. The van der Waals surface area contributed by atoms with Gasteiger partial charge in [0.2, 0.25) is 0 Å². The standard InChI is InChI=1S/C15H25N2OP/c1-13-9-14(11-15(10-13)19(3,4)18)12-17-7-5-16(2)6-8-17/h9-11H,5-8,12H2,1-4H3. The van der Waals surface area contributed by atoms with Crippen LogP contribution in [-0.2, 0) is 11.1 Å².